The van der Waals surface area contributed by atoms with E-state index < -0.39 is 0 Å². The van der Waals surface area contributed by atoms with Crippen LogP contribution in [0.5, 0.6) is 0 Å². The van der Waals surface area contributed by atoms with Crippen molar-refractivity contribution in [2.24, 2.45) is 0 Å². The van der Waals surface area contributed by atoms with Gasteiger partial charge in [0.1, 0.15) is 0 Å². The van der Waals surface area contributed by atoms with Crippen LogP contribution in [0.3, 0.4) is 0 Å². The summed E-state index contributed by atoms with van der Waals surface area (Å²) in [5, 5.41) is 0. The summed E-state index contributed by atoms with van der Waals surface area (Å²) in [6.07, 6.45) is 0. The van der Waals surface area contributed by atoms with E-state index in [0.717, 1.165) is 0 Å². The number of hydrogen-bond donors (Lipinski definition) is 0. The van der Waals surface area contributed by atoms with E-state index >= 15 is 0 Å². The molecule has 0 aliphatic rings. The van der Waals surface area contributed by atoms with Crippen molar-refractivity contribution in [3.63, 3.8) is 0 Å². The van der Waals surface area contributed by atoms with Crippen LogP contribution in [0.2, 0.25) is 0 Å². The van der Waals surface area contributed by atoms with Gasteiger partial charge in [-0.3, -0.25) is 12.5 Å². The monoisotopic (exact) mass is 489 g/mol. The molecule has 0 saturated heterocycles. The van der Waals surface area contributed by atoms with E-state index in [4.69, 9.17) is 6.58 Å². The predicted octanol–water partition coefficient (Wildman–Crippen LogP) is 4.11. The van der Waals surface area contributed by atoms with Crippen molar-refractivity contribution >= 4 is 5.78 Å². The first-order chi connectivity index (χ1) is 6.95. The molecular weight excluding hydrogens is 469 g/mol. The average molecular weight is 489 g/mol. The molecule has 0 N–H and O–H groups in total. The van der Waals surface area contributed by atoms with E-state index in [-0.39, 0.29) is 72.6 Å². The van der Waals surface area contributed by atoms with Gasteiger partial charge in [-0.15, -0.1) is 35.9 Å². The van der Waals surface area contributed by atoms with Gasteiger partial charge in [0.15, 0.2) is 0 Å². The maximum absolute atomic E-state index is 11.1. The molecule has 0 saturated carbocycles. The number of allylic oxidation sites excluding steroid dienone is 1. The molecule has 1 radical (unpaired) electrons. The zero-order chi connectivity index (χ0) is 11.8. The molecule has 0 spiro atoms. The summed E-state index contributed by atoms with van der Waals surface area (Å²) in [6.45, 7) is 14.8. The molecule has 18 heavy (non-hydrogen) atoms. The molecule has 0 heterocycles. The zero-order valence-corrected chi connectivity index (χ0v) is 16.3. The van der Waals surface area contributed by atoms with Gasteiger partial charge in [-0.1, -0.05) is 7.43 Å². The summed E-state index contributed by atoms with van der Waals surface area (Å²) in [4.78, 5) is 11.1. The molecule has 1 nitrogen and oxygen atoms in total. The van der Waals surface area contributed by atoms with Gasteiger partial charge in [0.05, 0.1) is 5.78 Å². The quantitative estimate of drug-likeness (QED) is 0.348. The van der Waals surface area contributed by atoms with Crippen LogP contribution in [-0.4, -0.2) is 5.78 Å². The second-order valence-electron chi connectivity index (χ2n) is 3.63. The third kappa shape index (κ3) is 14.4. The Morgan fingerprint density at radius 3 is 2.06 bits per heavy atom. The summed E-state index contributed by atoms with van der Waals surface area (Å²) in [5.41, 5.74) is 0.507. The molecule has 0 aliphatic carbocycles. The van der Waals surface area contributed by atoms with E-state index in [1.807, 2.05) is 0 Å². The largest absolute Gasteiger partial charge is 2.00 e. The van der Waals surface area contributed by atoms with Crippen molar-refractivity contribution in [3.8, 4) is 0 Å². The Morgan fingerprint density at radius 2 is 1.78 bits per heavy atom. The van der Waals surface area contributed by atoms with Gasteiger partial charge in [0.25, 0.3) is 0 Å². The fourth-order valence-electron chi connectivity index (χ4n) is 0.708. The number of rotatable bonds is 2. The molecule has 0 fully saturated rings. The van der Waals surface area contributed by atoms with Gasteiger partial charge < -0.3 is 17.3 Å². The van der Waals surface area contributed by atoms with Gasteiger partial charge in [0, 0.05) is 32.7 Å². The fraction of sp³-hybridized carbons (Fsp3) is 0.267. The zero-order valence-electron chi connectivity index (χ0n) is 10.5. The van der Waals surface area contributed by atoms with Crippen LogP contribution in [0, 0.1) is 25.5 Å². The number of carbonyl (C=O) groups excluding carboxylic acids is 1. The normalized spacial score (nSPS) is 7.56. The molecule has 0 aliphatic heterocycles. The third-order valence-electron chi connectivity index (χ3n) is 1.25. The van der Waals surface area contributed by atoms with Gasteiger partial charge in [0.2, 0.25) is 0 Å². The molecule has 0 unspecified atom stereocenters. The minimum absolute atomic E-state index is 0. The van der Waals surface area contributed by atoms with E-state index in [1.165, 1.54) is 5.92 Å². The molecule has 1 rings (SSSR count). The first-order valence-electron chi connectivity index (χ1n) is 4.67. The average Bonchev–Trinajstić information content (AvgIpc) is 2.17. The van der Waals surface area contributed by atoms with Crippen LogP contribution in [0.15, 0.2) is 29.8 Å². The molecular formula is C15H20OWY-2. The number of carbonyl (C=O) groups is 1. The van der Waals surface area contributed by atoms with Crippen LogP contribution < -0.4 is 0 Å². The molecule has 0 bridgehead atoms. The van der Waals surface area contributed by atoms with Crippen molar-refractivity contribution in [2.45, 2.75) is 28.2 Å². The molecule has 0 amide bonds. The van der Waals surface area contributed by atoms with Gasteiger partial charge in [-0.25, -0.2) is 0 Å². The number of hydrogen-bond acceptors (Lipinski definition) is 1. The van der Waals surface area contributed by atoms with Crippen LogP contribution >= 0.6 is 0 Å². The minimum atomic E-state index is -0.259. The van der Waals surface area contributed by atoms with E-state index in [0.29, 0.717) is 5.56 Å². The maximum atomic E-state index is 11.1. The Bertz CT molecular complexity index is 318. The van der Waals surface area contributed by atoms with Crippen molar-refractivity contribution in [1.82, 2.24) is 0 Å². The van der Waals surface area contributed by atoms with Gasteiger partial charge in [-0.05, 0) is 0 Å². The Kier molecular flexibility index (Phi) is 22.8. The van der Waals surface area contributed by atoms with Crippen molar-refractivity contribution in [3.05, 3.63) is 60.9 Å². The second kappa shape index (κ2) is 15.4. The molecule has 0 atom stereocenters. The maximum Gasteiger partial charge on any atom is 2.00 e. The molecule has 1 aromatic carbocycles. The number of benzene rings is 1. The SMILES string of the molecule is C.C[C-](C)C.[CH-]=C([CH2-])C(=O)c1[c-]cccc1.[W+2].[Y]. The van der Waals surface area contributed by atoms with Crippen molar-refractivity contribution < 1.29 is 58.6 Å². The summed E-state index contributed by atoms with van der Waals surface area (Å²) >= 11 is 0. The van der Waals surface area contributed by atoms with Crippen molar-refractivity contribution in [1.29, 1.82) is 0 Å². The van der Waals surface area contributed by atoms with Gasteiger partial charge in [-0.2, -0.15) is 20.8 Å². The summed E-state index contributed by atoms with van der Waals surface area (Å²) < 4.78 is 0. The summed E-state index contributed by atoms with van der Waals surface area (Å²) in [5.74, 6) is 1.16. The standard InChI is InChI=1S/C10H7O.C4H9.CH4.W.Y/c1-8(2)10(11)9-6-4-3-5-7-9;1-4(2)3;;;/h1,3-6H,2H2;1-3H3;1H4;;/q-3;-1;;+2;. The Morgan fingerprint density at radius 1 is 1.33 bits per heavy atom. The second-order valence-corrected chi connectivity index (χ2v) is 3.63. The number of ketones is 1. The molecule has 97 valence electrons. The van der Waals surface area contributed by atoms with Gasteiger partial charge >= 0.3 is 21.1 Å². The Labute approximate surface area is 152 Å². The number of Topliss-reactive ketones (excluding diaryl/α,β-unsaturated/α-hetero) is 1. The predicted molar refractivity (Wildman–Crippen MR) is 69.8 cm³/mol. The van der Waals surface area contributed by atoms with Crippen LogP contribution in [0.1, 0.15) is 38.6 Å². The van der Waals surface area contributed by atoms with E-state index in [9.17, 15) is 4.79 Å². The van der Waals surface area contributed by atoms with Crippen LogP contribution in [0.25, 0.3) is 0 Å². The molecule has 3 heteroatoms. The first-order valence-corrected chi connectivity index (χ1v) is 4.67. The molecule has 1 aromatic rings. The van der Waals surface area contributed by atoms with Crippen LogP contribution in [0.4, 0.5) is 0 Å². The minimum Gasteiger partial charge on any atom is -0.374 e. The molecule has 0 aromatic heterocycles. The van der Waals surface area contributed by atoms with E-state index in [2.05, 4.69) is 33.8 Å². The third-order valence-corrected chi connectivity index (χ3v) is 1.25. The first kappa shape index (κ1) is 26.8. The smallest absolute Gasteiger partial charge is 0.374 e. The van der Waals surface area contributed by atoms with E-state index in [1.54, 1.807) is 24.3 Å². The fourth-order valence-corrected chi connectivity index (χ4v) is 0.708. The van der Waals surface area contributed by atoms with Crippen LogP contribution in [-0.2, 0) is 53.8 Å². The summed E-state index contributed by atoms with van der Waals surface area (Å²) in [7, 11) is 0. The van der Waals surface area contributed by atoms with Crippen molar-refractivity contribution in [2.75, 3.05) is 0 Å². The topological polar surface area (TPSA) is 17.1 Å². The Balaban J connectivity index is -0.000000125. The Hall–Kier alpha value is 0.292. The summed E-state index contributed by atoms with van der Waals surface area (Å²) in [6, 6.07) is 9.62.